The van der Waals surface area contributed by atoms with E-state index >= 15 is 0 Å². The molecule has 1 aromatic carbocycles. The molecule has 1 heterocycles. The van der Waals surface area contributed by atoms with Gasteiger partial charge in [0, 0.05) is 32.7 Å². The molecule has 1 aromatic rings. The summed E-state index contributed by atoms with van der Waals surface area (Å²) in [4.78, 5) is 27.6. The monoisotopic (exact) mass is 356 g/mol. The maximum Gasteiger partial charge on any atom is 0.253 e. The molecule has 1 aliphatic rings. The minimum Gasteiger partial charge on any atom is -0.349 e. The Morgan fingerprint density at radius 2 is 2.10 bits per heavy atom. The third-order valence-electron chi connectivity index (χ3n) is 3.67. The van der Waals surface area contributed by atoms with Crippen molar-refractivity contribution < 1.29 is 14.0 Å². The Kier molecular flexibility index (Phi) is 4.98. The summed E-state index contributed by atoms with van der Waals surface area (Å²) in [5.41, 5.74) is 0.314. The van der Waals surface area contributed by atoms with Crippen molar-refractivity contribution >= 4 is 27.7 Å². The molecule has 0 saturated carbocycles. The van der Waals surface area contributed by atoms with Crippen molar-refractivity contribution in [1.29, 1.82) is 0 Å². The van der Waals surface area contributed by atoms with E-state index in [1.54, 1.807) is 30.0 Å². The van der Waals surface area contributed by atoms with Gasteiger partial charge in [0.1, 0.15) is 5.82 Å². The average molecular weight is 357 g/mol. The zero-order valence-corrected chi connectivity index (χ0v) is 13.7. The molecule has 1 atom stereocenters. The molecule has 0 aromatic heterocycles. The molecule has 114 valence electrons. The van der Waals surface area contributed by atoms with Gasteiger partial charge in [-0.15, -0.1) is 0 Å². The van der Waals surface area contributed by atoms with E-state index in [-0.39, 0.29) is 17.7 Å². The lowest BCUT2D eigenvalue weighted by Gasteiger charge is -2.33. The van der Waals surface area contributed by atoms with Crippen LogP contribution in [0.5, 0.6) is 0 Å². The number of amides is 2. The lowest BCUT2D eigenvalue weighted by atomic mass is 9.96. The molecule has 6 heteroatoms. The van der Waals surface area contributed by atoms with Crippen LogP contribution in [0.25, 0.3) is 0 Å². The molecule has 2 rings (SSSR count). The van der Waals surface area contributed by atoms with E-state index < -0.39 is 5.82 Å². The van der Waals surface area contributed by atoms with Gasteiger partial charge < -0.3 is 9.80 Å². The average Bonchev–Trinajstić information content (AvgIpc) is 2.48. The number of carbonyl (C=O) groups excluding carboxylic acids is 2. The van der Waals surface area contributed by atoms with Crippen molar-refractivity contribution in [3.05, 3.63) is 34.1 Å². The number of carbonyl (C=O) groups is 2. The standard InChI is InChI=1S/C15H18BrFN2O2/c1-18(2)14(20)11-4-3-7-19(9-11)15(21)10-5-6-12(16)13(17)8-10/h5-6,8,11H,3-4,7,9H2,1-2H3. The number of hydrogen-bond donors (Lipinski definition) is 0. The summed E-state index contributed by atoms with van der Waals surface area (Å²) in [5, 5.41) is 0. The van der Waals surface area contributed by atoms with E-state index in [4.69, 9.17) is 0 Å². The third-order valence-corrected chi connectivity index (χ3v) is 4.31. The molecule has 4 nitrogen and oxygen atoms in total. The summed E-state index contributed by atoms with van der Waals surface area (Å²) in [6.07, 6.45) is 1.57. The molecule has 1 unspecified atom stereocenters. The van der Waals surface area contributed by atoms with Crippen LogP contribution in [0.4, 0.5) is 4.39 Å². The zero-order chi connectivity index (χ0) is 15.6. The summed E-state index contributed by atoms with van der Waals surface area (Å²) in [6, 6.07) is 4.34. The summed E-state index contributed by atoms with van der Waals surface area (Å²) < 4.78 is 13.9. The first-order valence-corrected chi connectivity index (χ1v) is 7.65. The van der Waals surface area contributed by atoms with E-state index in [2.05, 4.69) is 15.9 Å². The Bertz CT molecular complexity index is 563. The topological polar surface area (TPSA) is 40.6 Å². The van der Waals surface area contributed by atoms with E-state index in [1.807, 2.05) is 0 Å². The summed E-state index contributed by atoms with van der Waals surface area (Å²) in [7, 11) is 3.43. The van der Waals surface area contributed by atoms with Gasteiger partial charge in [-0.1, -0.05) is 0 Å². The van der Waals surface area contributed by atoms with Crippen LogP contribution in [-0.2, 0) is 4.79 Å². The van der Waals surface area contributed by atoms with Gasteiger partial charge in [-0.05, 0) is 47.0 Å². The summed E-state index contributed by atoms with van der Waals surface area (Å²) >= 11 is 3.07. The molecule has 2 amide bonds. The highest BCUT2D eigenvalue weighted by molar-refractivity contribution is 9.10. The molecule has 1 saturated heterocycles. The third kappa shape index (κ3) is 3.61. The molecule has 0 aliphatic carbocycles. The van der Waals surface area contributed by atoms with E-state index in [1.165, 1.54) is 12.1 Å². The van der Waals surface area contributed by atoms with Crippen molar-refractivity contribution in [3.63, 3.8) is 0 Å². The highest BCUT2D eigenvalue weighted by atomic mass is 79.9. The molecule has 1 fully saturated rings. The van der Waals surface area contributed by atoms with Gasteiger partial charge in [-0.25, -0.2) is 4.39 Å². The van der Waals surface area contributed by atoms with Gasteiger partial charge in [0.2, 0.25) is 5.91 Å². The molecule has 21 heavy (non-hydrogen) atoms. The number of benzene rings is 1. The van der Waals surface area contributed by atoms with Crippen molar-refractivity contribution in [2.75, 3.05) is 27.2 Å². The Morgan fingerprint density at radius 3 is 2.71 bits per heavy atom. The molecule has 0 bridgehead atoms. The van der Waals surface area contributed by atoms with Crippen molar-refractivity contribution in [1.82, 2.24) is 9.80 Å². The molecular weight excluding hydrogens is 339 g/mol. The number of hydrogen-bond acceptors (Lipinski definition) is 2. The molecule has 0 spiro atoms. The van der Waals surface area contributed by atoms with Crippen LogP contribution in [0.1, 0.15) is 23.2 Å². The fourth-order valence-corrected chi connectivity index (χ4v) is 2.79. The second-order valence-electron chi connectivity index (χ2n) is 5.45. The number of halogens is 2. The maximum absolute atomic E-state index is 13.5. The van der Waals surface area contributed by atoms with Crippen LogP contribution in [0.15, 0.2) is 22.7 Å². The Balaban J connectivity index is 2.11. The van der Waals surface area contributed by atoms with Crippen molar-refractivity contribution in [3.8, 4) is 0 Å². The largest absolute Gasteiger partial charge is 0.349 e. The summed E-state index contributed by atoms with van der Waals surface area (Å²) in [5.74, 6) is -0.816. The fraction of sp³-hybridized carbons (Fsp3) is 0.467. The Hall–Kier alpha value is -1.43. The number of piperidine rings is 1. The quantitative estimate of drug-likeness (QED) is 0.816. The Morgan fingerprint density at radius 1 is 1.38 bits per heavy atom. The first-order chi connectivity index (χ1) is 9.90. The second kappa shape index (κ2) is 6.56. The van der Waals surface area contributed by atoms with E-state index in [9.17, 15) is 14.0 Å². The fourth-order valence-electron chi connectivity index (χ4n) is 2.54. The minimum absolute atomic E-state index is 0.0366. The second-order valence-corrected chi connectivity index (χ2v) is 6.31. The lowest BCUT2D eigenvalue weighted by molar-refractivity contribution is -0.134. The highest BCUT2D eigenvalue weighted by Gasteiger charge is 2.29. The first kappa shape index (κ1) is 15.9. The van der Waals surface area contributed by atoms with Crippen LogP contribution >= 0.6 is 15.9 Å². The molecule has 0 N–H and O–H groups in total. The van der Waals surface area contributed by atoms with Gasteiger partial charge in [0.05, 0.1) is 10.4 Å². The van der Waals surface area contributed by atoms with Crippen LogP contribution in [0.3, 0.4) is 0 Å². The smallest absolute Gasteiger partial charge is 0.253 e. The lowest BCUT2D eigenvalue weighted by Crippen LogP contribution is -2.45. The van der Waals surface area contributed by atoms with E-state index in [0.29, 0.717) is 23.1 Å². The summed E-state index contributed by atoms with van der Waals surface area (Å²) in [6.45, 7) is 1.00. The SMILES string of the molecule is CN(C)C(=O)C1CCCN(C(=O)c2ccc(Br)c(F)c2)C1. The number of rotatable bonds is 2. The van der Waals surface area contributed by atoms with Crippen molar-refractivity contribution in [2.24, 2.45) is 5.92 Å². The Labute approximate surface area is 132 Å². The predicted molar refractivity (Wildman–Crippen MR) is 81.4 cm³/mol. The molecule has 0 radical (unpaired) electrons. The van der Waals surface area contributed by atoms with Gasteiger partial charge in [-0.3, -0.25) is 9.59 Å². The highest BCUT2D eigenvalue weighted by Crippen LogP contribution is 2.22. The van der Waals surface area contributed by atoms with Crippen molar-refractivity contribution in [2.45, 2.75) is 12.8 Å². The molecular formula is C15H18BrFN2O2. The first-order valence-electron chi connectivity index (χ1n) is 6.85. The molecule has 1 aliphatic heterocycles. The number of likely N-dealkylation sites (tertiary alicyclic amines) is 1. The van der Waals surface area contributed by atoms with Crippen LogP contribution in [0, 0.1) is 11.7 Å². The predicted octanol–water partition coefficient (Wildman–Crippen LogP) is 2.53. The number of nitrogens with zero attached hydrogens (tertiary/aromatic N) is 2. The van der Waals surface area contributed by atoms with Crippen LogP contribution in [-0.4, -0.2) is 48.8 Å². The minimum atomic E-state index is -0.459. The van der Waals surface area contributed by atoms with Gasteiger partial charge in [0.25, 0.3) is 5.91 Å². The normalized spacial score (nSPS) is 18.5. The maximum atomic E-state index is 13.5. The zero-order valence-electron chi connectivity index (χ0n) is 12.1. The van der Waals surface area contributed by atoms with E-state index in [0.717, 1.165) is 12.8 Å². The van der Waals surface area contributed by atoms with Crippen LogP contribution < -0.4 is 0 Å². The van der Waals surface area contributed by atoms with Gasteiger partial charge in [0.15, 0.2) is 0 Å². The van der Waals surface area contributed by atoms with Crippen LogP contribution in [0.2, 0.25) is 0 Å². The van der Waals surface area contributed by atoms with Gasteiger partial charge >= 0.3 is 0 Å². The van der Waals surface area contributed by atoms with Gasteiger partial charge in [-0.2, -0.15) is 0 Å².